The molecule has 0 radical (unpaired) electrons. The molecule has 0 spiro atoms. The molecule has 0 unspecified atom stereocenters. The van der Waals surface area contributed by atoms with Crippen molar-refractivity contribution < 1.29 is 9.90 Å². The first-order valence-electron chi connectivity index (χ1n) is 4.63. The lowest BCUT2D eigenvalue weighted by molar-refractivity contribution is -0.131. The van der Waals surface area contributed by atoms with E-state index < -0.39 is 5.97 Å². The minimum Gasteiger partial charge on any atom is -0.478 e. The molecule has 0 saturated carbocycles. The van der Waals surface area contributed by atoms with E-state index in [1.165, 1.54) is 6.08 Å². The van der Waals surface area contributed by atoms with Gasteiger partial charge in [-0.25, -0.2) is 4.79 Å². The molecule has 0 aliphatic heterocycles. The first kappa shape index (κ1) is 9.99. The average Bonchev–Trinajstić information content (AvgIpc) is 2.68. The molecule has 4 heteroatoms. The summed E-state index contributed by atoms with van der Waals surface area (Å²) in [6, 6.07) is 7.28. The Morgan fingerprint density at radius 1 is 1.50 bits per heavy atom. The molecule has 1 aromatic carbocycles. The highest BCUT2D eigenvalue weighted by Crippen LogP contribution is 2.20. The molecule has 0 fully saturated rings. The molecule has 2 aromatic rings. The molecule has 0 aliphatic carbocycles. The first-order chi connectivity index (χ1) is 7.70. The van der Waals surface area contributed by atoms with Gasteiger partial charge in [-0.3, -0.25) is 0 Å². The van der Waals surface area contributed by atoms with Crippen molar-refractivity contribution in [2.75, 3.05) is 0 Å². The second-order valence-electron chi connectivity index (χ2n) is 3.29. The Morgan fingerprint density at radius 3 is 3.00 bits per heavy atom. The topological polar surface area (TPSA) is 76.9 Å². The number of nitrogens with one attached hydrogen (secondary N) is 1. The van der Waals surface area contributed by atoms with Crippen LogP contribution in [0, 0.1) is 11.3 Å². The van der Waals surface area contributed by atoms with Gasteiger partial charge in [0, 0.05) is 28.7 Å². The summed E-state index contributed by atoms with van der Waals surface area (Å²) in [5.74, 6) is -0.983. The first-order valence-corrected chi connectivity index (χ1v) is 4.63. The van der Waals surface area contributed by atoms with Crippen LogP contribution in [0.2, 0.25) is 0 Å². The molecule has 0 amide bonds. The number of hydrogen-bond donors (Lipinski definition) is 2. The van der Waals surface area contributed by atoms with Gasteiger partial charge in [0.1, 0.15) is 0 Å². The van der Waals surface area contributed by atoms with E-state index in [0.29, 0.717) is 5.56 Å². The van der Waals surface area contributed by atoms with Gasteiger partial charge in [-0.1, -0.05) is 6.07 Å². The van der Waals surface area contributed by atoms with Crippen molar-refractivity contribution in [3.63, 3.8) is 0 Å². The summed E-state index contributed by atoms with van der Waals surface area (Å²) >= 11 is 0. The van der Waals surface area contributed by atoms with Crippen molar-refractivity contribution in [1.29, 1.82) is 5.26 Å². The fourth-order valence-electron chi connectivity index (χ4n) is 1.52. The second-order valence-corrected chi connectivity index (χ2v) is 3.29. The van der Waals surface area contributed by atoms with Gasteiger partial charge in [0.05, 0.1) is 11.6 Å². The SMILES string of the molecule is N#Cc1ccc2c(C=CC(=O)O)c[nH]c2c1. The number of benzene rings is 1. The maximum atomic E-state index is 10.4. The van der Waals surface area contributed by atoms with E-state index in [0.717, 1.165) is 22.5 Å². The summed E-state index contributed by atoms with van der Waals surface area (Å²) < 4.78 is 0. The molecule has 16 heavy (non-hydrogen) atoms. The number of fused-ring (bicyclic) bond motifs is 1. The van der Waals surface area contributed by atoms with E-state index in [4.69, 9.17) is 10.4 Å². The van der Waals surface area contributed by atoms with Crippen molar-refractivity contribution in [2.24, 2.45) is 0 Å². The minimum absolute atomic E-state index is 0.572. The lowest BCUT2D eigenvalue weighted by atomic mass is 10.1. The molecule has 1 aromatic heterocycles. The number of nitriles is 1. The van der Waals surface area contributed by atoms with Crippen LogP contribution in [0.15, 0.2) is 30.5 Å². The Hall–Kier alpha value is -2.54. The Balaban J connectivity index is 2.50. The van der Waals surface area contributed by atoms with Crippen LogP contribution in [0.1, 0.15) is 11.1 Å². The van der Waals surface area contributed by atoms with Gasteiger partial charge in [0.15, 0.2) is 0 Å². The third-order valence-corrected chi connectivity index (χ3v) is 2.25. The summed E-state index contributed by atoms with van der Waals surface area (Å²) in [5.41, 5.74) is 2.19. The molecule has 78 valence electrons. The Labute approximate surface area is 91.4 Å². The third-order valence-electron chi connectivity index (χ3n) is 2.25. The quantitative estimate of drug-likeness (QED) is 0.748. The smallest absolute Gasteiger partial charge is 0.328 e. The fourth-order valence-corrected chi connectivity index (χ4v) is 1.52. The van der Waals surface area contributed by atoms with E-state index in [1.807, 2.05) is 6.07 Å². The number of rotatable bonds is 2. The van der Waals surface area contributed by atoms with E-state index in [2.05, 4.69) is 4.98 Å². The number of H-pyrrole nitrogens is 1. The van der Waals surface area contributed by atoms with Crippen molar-refractivity contribution in [2.45, 2.75) is 0 Å². The molecule has 4 nitrogen and oxygen atoms in total. The van der Waals surface area contributed by atoms with Gasteiger partial charge in [-0.2, -0.15) is 5.26 Å². The maximum absolute atomic E-state index is 10.4. The average molecular weight is 212 g/mol. The highest BCUT2D eigenvalue weighted by atomic mass is 16.4. The van der Waals surface area contributed by atoms with Crippen LogP contribution < -0.4 is 0 Å². The zero-order valence-electron chi connectivity index (χ0n) is 8.27. The molecule has 0 saturated heterocycles. The molecular formula is C12H8N2O2. The summed E-state index contributed by atoms with van der Waals surface area (Å²) in [6.45, 7) is 0. The Kier molecular flexibility index (Phi) is 2.44. The molecule has 1 heterocycles. The molecule has 2 N–H and O–H groups in total. The van der Waals surface area contributed by atoms with Gasteiger partial charge in [-0.15, -0.1) is 0 Å². The summed E-state index contributed by atoms with van der Waals surface area (Å²) in [5, 5.41) is 18.2. The van der Waals surface area contributed by atoms with E-state index >= 15 is 0 Å². The van der Waals surface area contributed by atoms with Crippen LogP contribution in [-0.4, -0.2) is 16.1 Å². The summed E-state index contributed by atoms with van der Waals surface area (Å²) in [7, 11) is 0. The standard InChI is InChI=1S/C12H8N2O2/c13-6-8-1-3-10-9(2-4-12(15)16)7-14-11(10)5-8/h1-5,7,14H,(H,15,16). The number of aliphatic carboxylic acids is 1. The number of aromatic nitrogens is 1. The third kappa shape index (κ3) is 1.79. The van der Waals surface area contributed by atoms with E-state index in [1.54, 1.807) is 24.4 Å². The number of aromatic amines is 1. The highest BCUT2D eigenvalue weighted by molar-refractivity contribution is 5.93. The van der Waals surface area contributed by atoms with Crippen molar-refractivity contribution in [1.82, 2.24) is 4.98 Å². The number of carbonyl (C=O) groups is 1. The predicted octanol–water partition coefficient (Wildman–Crippen LogP) is 2.14. The predicted molar refractivity (Wildman–Crippen MR) is 59.7 cm³/mol. The number of carboxylic acid groups (broad SMARTS) is 1. The van der Waals surface area contributed by atoms with Crippen molar-refractivity contribution >= 4 is 22.9 Å². The number of nitrogens with zero attached hydrogens (tertiary/aromatic N) is 1. The molecule has 2 rings (SSSR count). The van der Waals surface area contributed by atoms with Gasteiger partial charge in [0.2, 0.25) is 0 Å². The molecule has 0 aliphatic rings. The molecular weight excluding hydrogens is 204 g/mol. The van der Waals surface area contributed by atoms with Crippen LogP contribution in [0.4, 0.5) is 0 Å². The monoisotopic (exact) mass is 212 g/mol. The highest BCUT2D eigenvalue weighted by Gasteiger charge is 2.02. The van der Waals surface area contributed by atoms with Gasteiger partial charge >= 0.3 is 5.97 Å². The molecule has 0 bridgehead atoms. The summed E-state index contributed by atoms with van der Waals surface area (Å²) in [4.78, 5) is 13.4. The lowest BCUT2D eigenvalue weighted by Crippen LogP contribution is -1.85. The van der Waals surface area contributed by atoms with E-state index in [9.17, 15) is 4.79 Å². The zero-order chi connectivity index (χ0) is 11.5. The van der Waals surface area contributed by atoms with Crippen LogP contribution in [0.5, 0.6) is 0 Å². The largest absolute Gasteiger partial charge is 0.478 e. The van der Waals surface area contributed by atoms with Crippen LogP contribution in [0.3, 0.4) is 0 Å². The summed E-state index contributed by atoms with van der Waals surface area (Å²) in [6.07, 6.45) is 4.32. The fraction of sp³-hybridized carbons (Fsp3) is 0. The van der Waals surface area contributed by atoms with Gasteiger partial charge < -0.3 is 10.1 Å². The van der Waals surface area contributed by atoms with Crippen molar-refractivity contribution in [3.8, 4) is 6.07 Å². The second kappa shape index (κ2) is 3.91. The minimum atomic E-state index is -0.983. The van der Waals surface area contributed by atoms with E-state index in [-0.39, 0.29) is 0 Å². The lowest BCUT2D eigenvalue weighted by Gasteiger charge is -1.92. The normalized spacial score (nSPS) is 10.7. The number of hydrogen-bond acceptors (Lipinski definition) is 2. The Morgan fingerprint density at radius 2 is 2.31 bits per heavy atom. The van der Waals surface area contributed by atoms with Crippen LogP contribution in [0.25, 0.3) is 17.0 Å². The maximum Gasteiger partial charge on any atom is 0.328 e. The van der Waals surface area contributed by atoms with Gasteiger partial charge in [0.25, 0.3) is 0 Å². The van der Waals surface area contributed by atoms with Gasteiger partial charge in [-0.05, 0) is 18.2 Å². The van der Waals surface area contributed by atoms with Crippen molar-refractivity contribution in [3.05, 3.63) is 41.6 Å². The zero-order valence-corrected chi connectivity index (χ0v) is 8.27. The molecule has 0 atom stereocenters. The van der Waals surface area contributed by atoms with Crippen LogP contribution in [-0.2, 0) is 4.79 Å². The van der Waals surface area contributed by atoms with Crippen LogP contribution >= 0.6 is 0 Å². The Bertz CT molecular complexity index is 617. The number of carboxylic acids is 1.